The number of aromatic nitrogens is 1. The molecule has 1 aromatic rings. The van der Waals surface area contributed by atoms with Crippen LogP contribution in [0.1, 0.15) is 11.4 Å². The molecule has 5 nitrogen and oxygen atoms in total. The predicted octanol–water partition coefficient (Wildman–Crippen LogP) is 2.33. The van der Waals surface area contributed by atoms with Crippen LogP contribution < -0.4 is 4.72 Å². The van der Waals surface area contributed by atoms with E-state index in [1.807, 2.05) is 0 Å². The van der Waals surface area contributed by atoms with Gasteiger partial charge < -0.3 is 0 Å². The highest BCUT2D eigenvalue weighted by Gasteiger charge is 2.39. The lowest BCUT2D eigenvalue weighted by Gasteiger charge is -2.13. The molecule has 0 radical (unpaired) electrons. The Morgan fingerprint density at radius 3 is 1.63 bits per heavy atom. The normalized spacial score (nSPS) is 13.4. The van der Waals surface area contributed by atoms with Crippen LogP contribution in [-0.2, 0) is 22.7 Å². The maximum atomic E-state index is 12.3. The van der Waals surface area contributed by atoms with Gasteiger partial charge in [-0.15, -0.1) is 0 Å². The molecule has 108 valence electrons. The van der Waals surface area contributed by atoms with E-state index in [4.69, 9.17) is 4.55 Å². The first-order valence-electron chi connectivity index (χ1n) is 4.21. The highest BCUT2D eigenvalue weighted by atomic mass is 32.2. The van der Waals surface area contributed by atoms with Crippen molar-refractivity contribution in [1.82, 2.24) is 4.98 Å². The fourth-order valence-electron chi connectivity index (χ4n) is 1.03. The standard InChI is InChI=1S/C7H4F6N2O3S/c8-6(9,10)4-1-3(15-19(16,17)18)2-5(14-4)7(11,12)13/h1-2H,(H,14,15)(H,16,17,18). The molecule has 0 saturated carbocycles. The summed E-state index contributed by atoms with van der Waals surface area (Å²) >= 11 is 0. The van der Waals surface area contributed by atoms with Crippen molar-refractivity contribution in [1.29, 1.82) is 0 Å². The first-order valence-corrected chi connectivity index (χ1v) is 5.65. The molecule has 0 bridgehead atoms. The molecule has 0 aliphatic heterocycles. The van der Waals surface area contributed by atoms with Crippen molar-refractivity contribution in [3.05, 3.63) is 23.5 Å². The van der Waals surface area contributed by atoms with Crippen molar-refractivity contribution in [2.24, 2.45) is 0 Å². The number of halogens is 6. The summed E-state index contributed by atoms with van der Waals surface area (Å²) in [4.78, 5) is 2.34. The molecule has 0 atom stereocenters. The molecule has 1 rings (SSSR count). The second-order valence-electron chi connectivity index (χ2n) is 3.20. The van der Waals surface area contributed by atoms with Crippen LogP contribution in [-0.4, -0.2) is 18.0 Å². The van der Waals surface area contributed by atoms with E-state index in [9.17, 15) is 34.8 Å². The minimum Gasteiger partial charge on any atom is -0.269 e. The lowest BCUT2D eigenvalue weighted by atomic mass is 10.2. The topological polar surface area (TPSA) is 79.3 Å². The van der Waals surface area contributed by atoms with Crippen molar-refractivity contribution < 1.29 is 39.3 Å². The van der Waals surface area contributed by atoms with Gasteiger partial charge in [-0.25, -0.2) is 4.98 Å². The van der Waals surface area contributed by atoms with Gasteiger partial charge in [0, 0.05) is 0 Å². The molecule has 0 fully saturated rings. The molecule has 0 aromatic carbocycles. The van der Waals surface area contributed by atoms with Crippen molar-refractivity contribution in [2.45, 2.75) is 12.4 Å². The highest BCUT2D eigenvalue weighted by Crippen LogP contribution is 2.35. The smallest absolute Gasteiger partial charge is 0.269 e. The molecule has 0 aliphatic carbocycles. The zero-order chi connectivity index (χ0) is 15.1. The third kappa shape index (κ3) is 4.55. The van der Waals surface area contributed by atoms with Crippen LogP contribution in [0.15, 0.2) is 12.1 Å². The fraction of sp³-hybridized carbons (Fsp3) is 0.286. The first kappa shape index (κ1) is 15.5. The van der Waals surface area contributed by atoms with Crippen molar-refractivity contribution in [3.8, 4) is 0 Å². The van der Waals surface area contributed by atoms with E-state index in [1.54, 1.807) is 0 Å². The Labute approximate surface area is 102 Å². The average Bonchev–Trinajstić information content (AvgIpc) is 2.11. The van der Waals surface area contributed by atoms with Crippen molar-refractivity contribution in [3.63, 3.8) is 0 Å². The summed E-state index contributed by atoms with van der Waals surface area (Å²) in [5, 5.41) is 0. The SMILES string of the molecule is O=S(=O)(O)Nc1cc(C(F)(F)F)nc(C(F)(F)F)c1. The Hall–Kier alpha value is -1.56. The van der Waals surface area contributed by atoms with Crippen molar-refractivity contribution in [2.75, 3.05) is 4.72 Å². The van der Waals surface area contributed by atoms with Gasteiger partial charge in [-0.1, -0.05) is 0 Å². The van der Waals surface area contributed by atoms with Crippen LogP contribution in [0.5, 0.6) is 0 Å². The number of nitrogens with one attached hydrogen (secondary N) is 1. The number of pyridine rings is 1. The Balaban J connectivity index is 3.41. The summed E-state index contributed by atoms with van der Waals surface area (Å²) in [7, 11) is -5.01. The Bertz CT molecular complexity index is 547. The monoisotopic (exact) mass is 310 g/mol. The van der Waals surface area contributed by atoms with E-state index in [0.717, 1.165) is 4.72 Å². The molecule has 19 heavy (non-hydrogen) atoms. The molecule has 0 amide bonds. The van der Waals surface area contributed by atoms with Gasteiger partial charge in [-0.05, 0) is 12.1 Å². The zero-order valence-corrected chi connectivity index (χ0v) is 9.36. The quantitative estimate of drug-likeness (QED) is 0.649. The second kappa shape index (κ2) is 4.52. The third-order valence-electron chi connectivity index (χ3n) is 1.65. The lowest BCUT2D eigenvalue weighted by Crippen LogP contribution is -2.17. The minimum atomic E-state index is -5.21. The molecule has 0 aliphatic rings. The largest absolute Gasteiger partial charge is 0.433 e. The van der Waals surface area contributed by atoms with Crippen LogP contribution in [0.4, 0.5) is 32.0 Å². The van der Waals surface area contributed by atoms with Crippen LogP contribution in [0, 0.1) is 0 Å². The number of hydrogen-bond acceptors (Lipinski definition) is 3. The Morgan fingerprint density at radius 1 is 1.00 bits per heavy atom. The summed E-state index contributed by atoms with van der Waals surface area (Å²) in [6, 6.07) is 0.0337. The van der Waals surface area contributed by atoms with Crippen LogP contribution >= 0.6 is 0 Å². The number of nitrogens with zero attached hydrogens (tertiary/aromatic N) is 1. The lowest BCUT2D eigenvalue weighted by molar-refractivity contribution is -0.150. The van der Waals surface area contributed by atoms with Crippen LogP contribution in [0.3, 0.4) is 0 Å². The van der Waals surface area contributed by atoms with Gasteiger partial charge in [-0.2, -0.15) is 34.8 Å². The van der Waals surface area contributed by atoms with E-state index in [0.29, 0.717) is 0 Å². The summed E-state index contributed by atoms with van der Waals surface area (Å²) in [5.74, 6) is 0. The number of alkyl halides is 6. The third-order valence-corrected chi connectivity index (χ3v) is 2.15. The van der Waals surface area contributed by atoms with Gasteiger partial charge in [-0.3, -0.25) is 9.27 Å². The minimum absolute atomic E-state index is 0.0169. The zero-order valence-electron chi connectivity index (χ0n) is 8.54. The molecule has 0 spiro atoms. The molecular weight excluding hydrogens is 306 g/mol. The molecule has 1 aromatic heterocycles. The van der Waals surface area contributed by atoms with Crippen molar-refractivity contribution >= 4 is 16.0 Å². The maximum Gasteiger partial charge on any atom is 0.433 e. The van der Waals surface area contributed by atoms with E-state index in [-0.39, 0.29) is 12.1 Å². The molecule has 1 heterocycles. The van der Waals surface area contributed by atoms with E-state index < -0.39 is 39.7 Å². The number of hydrogen-bond donors (Lipinski definition) is 2. The van der Waals surface area contributed by atoms with E-state index in [1.165, 1.54) is 0 Å². The van der Waals surface area contributed by atoms with Gasteiger partial charge in [0.25, 0.3) is 0 Å². The molecular formula is C7H4F6N2O3S. The van der Waals surface area contributed by atoms with Gasteiger partial charge >= 0.3 is 22.7 Å². The van der Waals surface area contributed by atoms with Crippen LogP contribution in [0.25, 0.3) is 0 Å². The molecule has 0 unspecified atom stereocenters. The van der Waals surface area contributed by atoms with E-state index in [2.05, 4.69) is 4.98 Å². The Kier molecular flexibility index (Phi) is 3.69. The van der Waals surface area contributed by atoms with Gasteiger partial charge in [0.1, 0.15) is 11.4 Å². The predicted molar refractivity (Wildman–Crippen MR) is 49.4 cm³/mol. The molecule has 12 heteroatoms. The molecule has 2 N–H and O–H groups in total. The van der Waals surface area contributed by atoms with Crippen LogP contribution in [0.2, 0.25) is 0 Å². The average molecular weight is 310 g/mol. The van der Waals surface area contributed by atoms with Gasteiger partial charge in [0.15, 0.2) is 0 Å². The maximum absolute atomic E-state index is 12.3. The number of rotatable bonds is 2. The summed E-state index contributed by atoms with van der Waals surface area (Å²) in [5.41, 5.74) is -5.01. The summed E-state index contributed by atoms with van der Waals surface area (Å²) in [6.07, 6.45) is -10.4. The Morgan fingerprint density at radius 2 is 1.37 bits per heavy atom. The second-order valence-corrected chi connectivity index (χ2v) is 4.35. The molecule has 0 saturated heterocycles. The first-order chi connectivity index (χ1) is 8.29. The van der Waals surface area contributed by atoms with Gasteiger partial charge in [0.2, 0.25) is 0 Å². The summed E-state index contributed by atoms with van der Waals surface area (Å²) in [6.45, 7) is 0. The highest BCUT2D eigenvalue weighted by molar-refractivity contribution is 7.87. The number of anilines is 1. The van der Waals surface area contributed by atoms with E-state index >= 15 is 0 Å². The van der Waals surface area contributed by atoms with Gasteiger partial charge in [0.05, 0.1) is 5.69 Å². The summed E-state index contributed by atoms with van der Waals surface area (Å²) < 4.78 is 104. The fourth-order valence-corrected chi connectivity index (χ4v) is 1.44.